The van der Waals surface area contributed by atoms with Gasteiger partial charge in [0, 0.05) is 24.1 Å². The number of ether oxygens (including phenoxy) is 1. The number of aromatic nitrogens is 2. The van der Waals surface area contributed by atoms with E-state index in [1.165, 1.54) is 0 Å². The molecule has 31 heavy (non-hydrogen) atoms. The van der Waals surface area contributed by atoms with Gasteiger partial charge in [0.15, 0.2) is 0 Å². The molecule has 1 aromatic heterocycles. The SMILES string of the molecule is COc1ccc(C)cc1N1CC(C(=O)Nc2ccnn2Cc2ccc(Cl)cc2)CC1=O. The molecule has 1 aliphatic rings. The maximum Gasteiger partial charge on any atom is 0.230 e. The molecule has 1 unspecified atom stereocenters. The highest BCUT2D eigenvalue weighted by Crippen LogP contribution is 2.34. The van der Waals surface area contributed by atoms with Gasteiger partial charge in [-0.2, -0.15) is 5.10 Å². The third-order valence-electron chi connectivity index (χ3n) is 5.33. The van der Waals surface area contributed by atoms with Crippen LogP contribution >= 0.6 is 11.6 Å². The average Bonchev–Trinajstić information content (AvgIpc) is 3.36. The van der Waals surface area contributed by atoms with Crippen molar-refractivity contribution in [2.24, 2.45) is 5.92 Å². The van der Waals surface area contributed by atoms with Gasteiger partial charge in [0.05, 0.1) is 31.5 Å². The lowest BCUT2D eigenvalue weighted by Gasteiger charge is -2.20. The number of aryl methyl sites for hydroxylation is 1. The molecule has 1 aliphatic heterocycles. The van der Waals surface area contributed by atoms with Gasteiger partial charge in [-0.05, 0) is 42.3 Å². The number of methoxy groups -OCH3 is 1. The molecule has 1 N–H and O–H groups in total. The predicted molar refractivity (Wildman–Crippen MR) is 120 cm³/mol. The second kappa shape index (κ2) is 8.81. The number of hydrogen-bond acceptors (Lipinski definition) is 4. The molecule has 3 aromatic rings. The normalized spacial score (nSPS) is 15.9. The van der Waals surface area contributed by atoms with Crippen LogP contribution in [0.4, 0.5) is 11.5 Å². The second-order valence-electron chi connectivity index (χ2n) is 7.57. The monoisotopic (exact) mass is 438 g/mol. The number of amides is 2. The number of carbonyl (C=O) groups is 2. The van der Waals surface area contributed by atoms with Crippen molar-refractivity contribution in [3.05, 3.63) is 70.9 Å². The summed E-state index contributed by atoms with van der Waals surface area (Å²) >= 11 is 5.94. The molecule has 0 spiro atoms. The Kier molecular flexibility index (Phi) is 5.95. The van der Waals surface area contributed by atoms with Crippen LogP contribution in [0.3, 0.4) is 0 Å². The smallest absolute Gasteiger partial charge is 0.230 e. The quantitative estimate of drug-likeness (QED) is 0.633. The van der Waals surface area contributed by atoms with Crippen molar-refractivity contribution in [1.29, 1.82) is 0 Å². The van der Waals surface area contributed by atoms with Crippen molar-refractivity contribution in [3.63, 3.8) is 0 Å². The van der Waals surface area contributed by atoms with E-state index in [0.29, 0.717) is 35.4 Å². The van der Waals surface area contributed by atoms with Gasteiger partial charge >= 0.3 is 0 Å². The maximum absolute atomic E-state index is 12.9. The van der Waals surface area contributed by atoms with E-state index in [1.807, 2.05) is 49.4 Å². The van der Waals surface area contributed by atoms with Gasteiger partial charge in [-0.15, -0.1) is 0 Å². The molecule has 2 heterocycles. The van der Waals surface area contributed by atoms with Crippen LogP contribution in [-0.2, 0) is 16.1 Å². The van der Waals surface area contributed by atoms with Crippen molar-refractivity contribution in [2.75, 3.05) is 23.9 Å². The van der Waals surface area contributed by atoms with E-state index in [1.54, 1.807) is 29.0 Å². The molecule has 1 saturated heterocycles. The van der Waals surface area contributed by atoms with Gasteiger partial charge in [-0.3, -0.25) is 9.59 Å². The minimum atomic E-state index is -0.461. The first-order valence-corrected chi connectivity index (χ1v) is 10.3. The first-order valence-electron chi connectivity index (χ1n) is 9.96. The summed E-state index contributed by atoms with van der Waals surface area (Å²) in [6.07, 6.45) is 1.78. The van der Waals surface area contributed by atoms with Crippen LogP contribution in [0.2, 0.25) is 5.02 Å². The van der Waals surface area contributed by atoms with Gasteiger partial charge in [-0.25, -0.2) is 4.68 Å². The number of benzene rings is 2. The van der Waals surface area contributed by atoms with Crippen LogP contribution in [0, 0.1) is 12.8 Å². The lowest BCUT2D eigenvalue weighted by atomic mass is 10.1. The largest absolute Gasteiger partial charge is 0.495 e. The van der Waals surface area contributed by atoms with Crippen molar-refractivity contribution in [3.8, 4) is 5.75 Å². The second-order valence-corrected chi connectivity index (χ2v) is 8.01. The fraction of sp³-hybridized carbons (Fsp3) is 0.261. The van der Waals surface area contributed by atoms with Gasteiger partial charge in [0.2, 0.25) is 11.8 Å². The van der Waals surface area contributed by atoms with E-state index in [9.17, 15) is 9.59 Å². The topological polar surface area (TPSA) is 76.5 Å². The molecule has 160 valence electrons. The lowest BCUT2D eigenvalue weighted by molar-refractivity contribution is -0.122. The summed E-state index contributed by atoms with van der Waals surface area (Å²) in [4.78, 5) is 27.2. The van der Waals surface area contributed by atoms with E-state index in [2.05, 4.69) is 10.4 Å². The number of anilines is 2. The molecule has 0 aliphatic carbocycles. The number of rotatable bonds is 6. The Bertz CT molecular complexity index is 1110. The molecule has 2 aromatic carbocycles. The van der Waals surface area contributed by atoms with E-state index in [4.69, 9.17) is 16.3 Å². The van der Waals surface area contributed by atoms with Gasteiger partial charge < -0.3 is 15.0 Å². The highest BCUT2D eigenvalue weighted by Gasteiger charge is 2.36. The number of nitrogens with zero attached hydrogens (tertiary/aromatic N) is 3. The third kappa shape index (κ3) is 4.56. The molecule has 4 rings (SSSR count). The first-order chi connectivity index (χ1) is 14.9. The standard InChI is InChI=1S/C23H23ClN4O3/c1-15-3-8-20(31-2)19(11-15)27-14-17(12-22(27)29)23(30)26-21-9-10-25-28(21)13-16-4-6-18(24)7-5-16/h3-11,17H,12-14H2,1-2H3,(H,26,30). The molecular weight excluding hydrogens is 416 g/mol. The Hall–Kier alpha value is -3.32. The van der Waals surface area contributed by atoms with Crippen molar-refractivity contribution in [1.82, 2.24) is 9.78 Å². The first kappa shape index (κ1) is 20.9. The number of hydrogen-bond donors (Lipinski definition) is 1. The Morgan fingerprint density at radius 3 is 2.74 bits per heavy atom. The molecule has 1 atom stereocenters. The third-order valence-corrected chi connectivity index (χ3v) is 5.59. The van der Waals surface area contributed by atoms with Crippen LogP contribution in [-0.4, -0.2) is 35.2 Å². The zero-order chi connectivity index (χ0) is 22.0. The van der Waals surface area contributed by atoms with Gasteiger partial charge in [0.25, 0.3) is 0 Å². The Morgan fingerprint density at radius 2 is 2.00 bits per heavy atom. The maximum atomic E-state index is 12.9. The highest BCUT2D eigenvalue weighted by atomic mass is 35.5. The van der Waals surface area contributed by atoms with Crippen LogP contribution in [0.1, 0.15) is 17.5 Å². The molecule has 7 nitrogen and oxygen atoms in total. The molecule has 2 amide bonds. The van der Waals surface area contributed by atoms with Crippen molar-refractivity contribution in [2.45, 2.75) is 19.9 Å². The van der Waals surface area contributed by atoms with Crippen LogP contribution in [0.15, 0.2) is 54.7 Å². The van der Waals surface area contributed by atoms with Crippen LogP contribution in [0.25, 0.3) is 0 Å². The zero-order valence-corrected chi connectivity index (χ0v) is 18.1. The minimum Gasteiger partial charge on any atom is -0.495 e. The zero-order valence-electron chi connectivity index (χ0n) is 17.3. The Labute approximate surface area is 185 Å². The fourth-order valence-electron chi connectivity index (χ4n) is 3.68. The van der Waals surface area contributed by atoms with E-state index < -0.39 is 5.92 Å². The summed E-state index contributed by atoms with van der Waals surface area (Å²) in [6.45, 7) is 2.75. The van der Waals surface area contributed by atoms with Gasteiger partial charge in [-0.1, -0.05) is 29.8 Å². The Balaban J connectivity index is 1.46. The van der Waals surface area contributed by atoms with Crippen molar-refractivity contribution < 1.29 is 14.3 Å². The molecular formula is C23H23ClN4O3. The van der Waals surface area contributed by atoms with Crippen LogP contribution < -0.4 is 15.0 Å². The Morgan fingerprint density at radius 1 is 1.23 bits per heavy atom. The summed E-state index contributed by atoms with van der Waals surface area (Å²) in [5, 5.41) is 7.89. The number of nitrogens with one attached hydrogen (secondary N) is 1. The summed E-state index contributed by atoms with van der Waals surface area (Å²) in [5.74, 6) is 0.427. The fourth-order valence-corrected chi connectivity index (χ4v) is 3.81. The van der Waals surface area contributed by atoms with Gasteiger partial charge in [0.1, 0.15) is 11.6 Å². The summed E-state index contributed by atoms with van der Waals surface area (Å²) in [7, 11) is 1.57. The summed E-state index contributed by atoms with van der Waals surface area (Å²) in [5.41, 5.74) is 2.72. The molecule has 0 bridgehead atoms. The average molecular weight is 439 g/mol. The highest BCUT2D eigenvalue weighted by molar-refractivity contribution is 6.30. The minimum absolute atomic E-state index is 0.0984. The predicted octanol–water partition coefficient (Wildman–Crippen LogP) is 3.89. The molecule has 1 fully saturated rings. The van der Waals surface area contributed by atoms with E-state index in [0.717, 1.165) is 11.1 Å². The summed E-state index contributed by atoms with van der Waals surface area (Å²) < 4.78 is 7.12. The molecule has 0 radical (unpaired) electrons. The van der Waals surface area contributed by atoms with Crippen molar-refractivity contribution >= 4 is 34.9 Å². The molecule has 0 saturated carbocycles. The van der Waals surface area contributed by atoms with E-state index >= 15 is 0 Å². The number of halogens is 1. The lowest BCUT2D eigenvalue weighted by Crippen LogP contribution is -2.29. The van der Waals surface area contributed by atoms with Crippen LogP contribution in [0.5, 0.6) is 5.75 Å². The van der Waals surface area contributed by atoms with E-state index in [-0.39, 0.29) is 18.2 Å². The number of carbonyl (C=O) groups excluding carboxylic acids is 2. The summed E-state index contributed by atoms with van der Waals surface area (Å²) in [6, 6.07) is 14.9. The molecule has 8 heteroatoms.